The van der Waals surface area contributed by atoms with Gasteiger partial charge in [-0.2, -0.15) is 9.90 Å². The van der Waals surface area contributed by atoms with Crippen LogP contribution < -0.4 is 5.56 Å². The predicted octanol–water partition coefficient (Wildman–Crippen LogP) is 2.12. The van der Waals surface area contributed by atoms with E-state index in [0.29, 0.717) is 53.8 Å². The molecular formula is C22H20FN7O2. The van der Waals surface area contributed by atoms with E-state index in [0.717, 1.165) is 0 Å². The number of carbonyl (C=O) groups excluding carboxylic acids is 1. The number of nitrogens with zero attached hydrogens (tertiary/aromatic N) is 6. The van der Waals surface area contributed by atoms with Crippen LogP contribution in [0.3, 0.4) is 0 Å². The SMILES string of the molecule is O=C(Cc1n[nH]c(=O)c2ccccc12)N1CCC(n2nnc(-c3ccc(F)cc3)n2)CC1. The van der Waals surface area contributed by atoms with Crippen molar-refractivity contribution in [3.8, 4) is 11.4 Å². The highest BCUT2D eigenvalue weighted by Gasteiger charge is 2.26. The van der Waals surface area contributed by atoms with Crippen LogP contribution >= 0.6 is 0 Å². The van der Waals surface area contributed by atoms with Crippen LogP contribution in [0.25, 0.3) is 22.2 Å². The summed E-state index contributed by atoms with van der Waals surface area (Å²) in [7, 11) is 0. The van der Waals surface area contributed by atoms with E-state index in [-0.39, 0.29) is 29.7 Å². The first-order chi connectivity index (χ1) is 15.6. The van der Waals surface area contributed by atoms with E-state index in [1.54, 1.807) is 34.0 Å². The van der Waals surface area contributed by atoms with Crippen molar-refractivity contribution in [2.75, 3.05) is 13.1 Å². The number of benzene rings is 2. The number of carbonyl (C=O) groups is 1. The Labute approximate surface area is 181 Å². The molecule has 1 fully saturated rings. The molecule has 32 heavy (non-hydrogen) atoms. The first-order valence-electron chi connectivity index (χ1n) is 10.4. The van der Waals surface area contributed by atoms with Gasteiger partial charge in [0.1, 0.15) is 5.82 Å². The fourth-order valence-electron chi connectivity index (χ4n) is 4.00. The monoisotopic (exact) mass is 433 g/mol. The van der Waals surface area contributed by atoms with Gasteiger partial charge in [-0.1, -0.05) is 18.2 Å². The number of hydrogen-bond donors (Lipinski definition) is 1. The van der Waals surface area contributed by atoms with Gasteiger partial charge >= 0.3 is 0 Å². The van der Waals surface area contributed by atoms with Gasteiger partial charge in [-0.25, -0.2) is 9.49 Å². The molecule has 0 unspecified atom stereocenters. The molecule has 2 aromatic carbocycles. The molecule has 162 valence electrons. The van der Waals surface area contributed by atoms with Gasteiger partial charge in [0.15, 0.2) is 0 Å². The summed E-state index contributed by atoms with van der Waals surface area (Å²) < 4.78 is 13.1. The van der Waals surface area contributed by atoms with Crippen molar-refractivity contribution in [1.82, 2.24) is 35.3 Å². The van der Waals surface area contributed by atoms with Gasteiger partial charge in [0.2, 0.25) is 11.7 Å². The number of amides is 1. The van der Waals surface area contributed by atoms with Gasteiger partial charge < -0.3 is 4.90 Å². The molecule has 0 radical (unpaired) electrons. The Morgan fingerprint density at radius 2 is 1.78 bits per heavy atom. The van der Waals surface area contributed by atoms with Gasteiger partial charge in [0.05, 0.1) is 23.5 Å². The van der Waals surface area contributed by atoms with E-state index in [1.165, 1.54) is 12.1 Å². The first kappa shape index (κ1) is 20.0. The van der Waals surface area contributed by atoms with Crippen LogP contribution in [0.15, 0.2) is 53.3 Å². The van der Waals surface area contributed by atoms with E-state index in [9.17, 15) is 14.0 Å². The second-order valence-corrected chi connectivity index (χ2v) is 7.77. The minimum atomic E-state index is -0.316. The number of rotatable bonds is 4. The standard InChI is InChI=1S/C22H20FN7O2/c23-15-7-5-14(6-8-15)21-25-28-30(27-21)16-9-11-29(12-10-16)20(31)13-19-17-3-1-2-4-18(17)22(32)26-24-19/h1-8,16H,9-13H2,(H,26,32). The number of piperidine rings is 1. The van der Waals surface area contributed by atoms with Crippen molar-refractivity contribution in [1.29, 1.82) is 0 Å². The molecule has 0 atom stereocenters. The van der Waals surface area contributed by atoms with E-state index in [2.05, 4.69) is 25.6 Å². The summed E-state index contributed by atoms with van der Waals surface area (Å²) in [5.41, 5.74) is 0.998. The Bertz CT molecular complexity index is 1320. The van der Waals surface area contributed by atoms with Crippen molar-refractivity contribution in [3.05, 3.63) is 70.4 Å². The van der Waals surface area contributed by atoms with Crippen molar-refractivity contribution < 1.29 is 9.18 Å². The highest BCUT2D eigenvalue weighted by atomic mass is 19.1. The summed E-state index contributed by atoms with van der Waals surface area (Å²) in [4.78, 5) is 28.2. The first-order valence-corrected chi connectivity index (χ1v) is 10.4. The number of nitrogens with one attached hydrogen (secondary N) is 1. The zero-order chi connectivity index (χ0) is 22.1. The summed E-state index contributed by atoms with van der Waals surface area (Å²) in [6.45, 7) is 1.14. The Kier molecular flexibility index (Phi) is 5.18. The molecule has 9 nitrogen and oxygen atoms in total. The van der Waals surface area contributed by atoms with Crippen molar-refractivity contribution >= 4 is 16.7 Å². The van der Waals surface area contributed by atoms with E-state index in [1.807, 2.05) is 12.1 Å². The summed E-state index contributed by atoms with van der Waals surface area (Å²) in [5, 5.41) is 20.5. The maximum absolute atomic E-state index is 13.1. The van der Waals surface area contributed by atoms with Crippen LogP contribution in [0.5, 0.6) is 0 Å². The Balaban J connectivity index is 1.24. The number of halogens is 1. The van der Waals surface area contributed by atoms with Crippen molar-refractivity contribution in [2.45, 2.75) is 25.3 Å². The van der Waals surface area contributed by atoms with Crippen LogP contribution in [-0.4, -0.2) is 54.3 Å². The molecule has 0 saturated carbocycles. The van der Waals surface area contributed by atoms with Gasteiger partial charge in [0.25, 0.3) is 5.56 Å². The molecule has 1 saturated heterocycles. The second-order valence-electron chi connectivity index (χ2n) is 7.77. The third-order valence-electron chi connectivity index (χ3n) is 5.77. The Morgan fingerprint density at radius 1 is 1.06 bits per heavy atom. The molecule has 0 spiro atoms. The number of fused-ring (bicyclic) bond motifs is 1. The summed E-state index contributed by atoms with van der Waals surface area (Å²) in [5.74, 6) is 0.0921. The van der Waals surface area contributed by atoms with E-state index in [4.69, 9.17) is 0 Å². The van der Waals surface area contributed by atoms with E-state index < -0.39 is 0 Å². The van der Waals surface area contributed by atoms with Crippen LogP contribution in [0.2, 0.25) is 0 Å². The average Bonchev–Trinajstić information content (AvgIpc) is 3.32. The third kappa shape index (κ3) is 3.86. The van der Waals surface area contributed by atoms with Crippen LogP contribution in [0.4, 0.5) is 4.39 Å². The Hall–Kier alpha value is -3.95. The number of aromatic amines is 1. The molecule has 3 heterocycles. The number of tetrazole rings is 1. The van der Waals surface area contributed by atoms with E-state index >= 15 is 0 Å². The number of aromatic nitrogens is 6. The minimum absolute atomic E-state index is 0.0350. The molecule has 0 aliphatic carbocycles. The third-order valence-corrected chi connectivity index (χ3v) is 5.77. The summed E-state index contributed by atoms with van der Waals surface area (Å²) in [6.07, 6.45) is 1.52. The zero-order valence-electron chi connectivity index (χ0n) is 17.1. The topological polar surface area (TPSA) is 110 Å². The molecule has 10 heteroatoms. The molecule has 1 aliphatic heterocycles. The summed E-state index contributed by atoms with van der Waals surface area (Å²) >= 11 is 0. The van der Waals surface area contributed by atoms with Crippen LogP contribution in [0.1, 0.15) is 24.6 Å². The van der Waals surface area contributed by atoms with Gasteiger partial charge in [-0.05, 0) is 48.4 Å². The predicted molar refractivity (Wildman–Crippen MR) is 114 cm³/mol. The normalized spacial score (nSPS) is 14.7. The van der Waals surface area contributed by atoms with Gasteiger partial charge in [0, 0.05) is 24.0 Å². The molecular weight excluding hydrogens is 413 g/mol. The number of H-pyrrole nitrogens is 1. The average molecular weight is 433 g/mol. The second kappa shape index (κ2) is 8.29. The molecule has 0 bridgehead atoms. The minimum Gasteiger partial charge on any atom is -0.342 e. The lowest BCUT2D eigenvalue weighted by atomic mass is 10.0. The molecule has 1 amide bonds. The highest BCUT2D eigenvalue weighted by Crippen LogP contribution is 2.23. The van der Waals surface area contributed by atoms with Crippen molar-refractivity contribution in [2.24, 2.45) is 0 Å². The van der Waals surface area contributed by atoms with Gasteiger partial charge in [-0.15, -0.1) is 10.2 Å². The lowest BCUT2D eigenvalue weighted by Gasteiger charge is -2.31. The molecule has 4 aromatic rings. The lowest BCUT2D eigenvalue weighted by Crippen LogP contribution is -2.40. The summed E-state index contributed by atoms with van der Waals surface area (Å²) in [6, 6.07) is 13.1. The molecule has 2 aromatic heterocycles. The number of hydrogen-bond acceptors (Lipinski definition) is 6. The Morgan fingerprint density at radius 3 is 2.53 bits per heavy atom. The fourth-order valence-corrected chi connectivity index (χ4v) is 4.00. The van der Waals surface area contributed by atoms with Crippen LogP contribution in [-0.2, 0) is 11.2 Å². The molecule has 1 aliphatic rings. The largest absolute Gasteiger partial charge is 0.342 e. The van der Waals surface area contributed by atoms with Crippen LogP contribution in [0, 0.1) is 5.82 Å². The maximum atomic E-state index is 13.1. The molecule has 5 rings (SSSR count). The maximum Gasteiger partial charge on any atom is 0.272 e. The smallest absolute Gasteiger partial charge is 0.272 e. The van der Waals surface area contributed by atoms with Crippen molar-refractivity contribution in [3.63, 3.8) is 0 Å². The zero-order valence-corrected chi connectivity index (χ0v) is 17.1. The highest BCUT2D eigenvalue weighted by molar-refractivity contribution is 5.88. The quantitative estimate of drug-likeness (QED) is 0.528. The lowest BCUT2D eigenvalue weighted by molar-refractivity contribution is -0.131. The number of likely N-dealkylation sites (tertiary alicyclic amines) is 1. The molecule has 1 N–H and O–H groups in total. The fraction of sp³-hybridized carbons (Fsp3) is 0.273. The van der Waals surface area contributed by atoms with Gasteiger partial charge in [-0.3, -0.25) is 9.59 Å².